The lowest BCUT2D eigenvalue weighted by Crippen LogP contribution is -2.28. The van der Waals surface area contributed by atoms with Crippen molar-refractivity contribution in [3.63, 3.8) is 0 Å². The standard InChI is InChI=1S/C14H22N2O3/c1-4-10(9-15)14(17)16-11-6-7-12(18-3)13(8-11)19-5-2/h6-8,10H,4-5,9,15H2,1-3H3,(H,16,17). The predicted octanol–water partition coefficient (Wildman–Crippen LogP) is 2.02. The monoisotopic (exact) mass is 266 g/mol. The molecule has 0 saturated heterocycles. The molecule has 0 aliphatic rings. The third-order valence-corrected chi connectivity index (χ3v) is 2.88. The molecule has 0 fully saturated rings. The minimum atomic E-state index is -0.169. The zero-order chi connectivity index (χ0) is 14.3. The van der Waals surface area contributed by atoms with Gasteiger partial charge in [0.15, 0.2) is 11.5 Å². The molecule has 19 heavy (non-hydrogen) atoms. The van der Waals surface area contributed by atoms with Crippen molar-refractivity contribution in [1.29, 1.82) is 0 Å². The second kappa shape index (κ2) is 7.63. The Kier molecular flexibility index (Phi) is 6.15. The van der Waals surface area contributed by atoms with Crippen molar-refractivity contribution < 1.29 is 14.3 Å². The van der Waals surface area contributed by atoms with E-state index in [1.165, 1.54) is 0 Å². The van der Waals surface area contributed by atoms with E-state index in [0.29, 0.717) is 30.3 Å². The van der Waals surface area contributed by atoms with Crippen LogP contribution in [0.5, 0.6) is 11.5 Å². The van der Waals surface area contributed by atoms with E-state index in [0.717, 1.165) is 6.42 Å². The molecule has 0 aromatic heterocycles. The van der Waals surface area contributed by atoms with Gasteiger partial charge in [0.2, 0.25) is 5.91 Å². The molecule has 0 saturated carbocycles. The third kappa shape index (κ3) is 4.13. The smallest absolute Gasteiger partial charge is 0.228 e. The lowest BCUT2D eigenvalue weighted by atomic mass is 10.1. The lowest BCUT2D eigenvalue weighted by Gasteiger charge is -2.15. The molecule has 1 aromatic carbocycles. The fraction of sp³-hybridized carbons (Fsp3) is 0.500. The number of methoxy groups -OCH3 is 1. The molecule has 0 bridgehead atoms. The average molecular weight is 266 g/mol. The number of anilines is 1. The highest BCUT2D eigenvalue weighted by Gasteiger charge is 2.15. The Morgan fingerprint density at radius 2 is 2.11 bits per heavy atom. The highest BCUT2D eigenvalue weighted by Crippen LogP contribution is 2.30. The second-order valence-corrected chi connectivity index (χ2v) is 4.13. The Morgan fingerprint density at radius 1 is 1.37 bits per heavy atom. The van der Waals surface area contributed by atoms with Crippen molar-refractivity contribution >= 4 is 11.6 Å². The molecule has 0 spiro atoms. The van der Waals surface area contributed by atoms with Gasteiger partial charge in [-0.3, -0.25) is 4.79 Å². The van der Waals surface area contributed by atoms with Crippen LogP contribution in [0.3, 0.4) is 0 Å². The van der Waals surface area contributed by atoms with Crippen molar-refractivity contribution in [2.24, 2.45) is 11.7 Å². The van der Waals surface area contributed by atoms with Gasteiger partial charge in [-0.15, -0.1) is 0 Å². The summed E-state index contributed by atoms with van der Waals surface area (Å²) in [6.07, 6.45) is 0.719. The highest BCUT2D eigenvalue weighted by molar-refractivity contribution is 5.93. The van der Waals surface area contributed by atoms with E-state index in [4.69, 9.17) is 15.2 Å². The van der Waals surface area contributed by atoms with Gasteiger partial charge in [0, 0.05) is 18.3 Å². The fourth-order valence-electron chi connectivity index (χ4n) is 1.73. The number of benzene rings is 1. The normalized spacial score (nSPS) is 11.8. The molecule has 1 amide bonds. The number of ether oxygens (including phenoxy) is 2. The van der Waals surface area contributed by atoms with E-state index in [2.05, 4.69) is 5.32 Å². The summed E-state index contributed by atoms with van der Waals surface area (Å²) in [4.78, 5) is 11.9. The second-order valence-electron chi connectivity index (χ2n) is 4.13. The third-order valence-electron chi connectivity index (χ3n) is 2.88. The first-order valence-electron chi connectivity index (χ1n) is 6.47. The summed E-state index contributed by atoms with van der Waals surface area (Å²) in [6.45, 7) is 4.72. The van der Waals surface area contributed by atoms with Crippen LogP contribution in [0.2, 0.25) is 0 Å². The summed E-state index contributed by atoms with van der Waals surface area (Å²) in [5.74, 6) is 1.02. The zero-order valence-electron chi connectivity index (χ0n) is 11.7. The van der Waals surface area contributed by atoms with Crippen molar-refractivity contribution in [1.82, 2.24) is 0 Å². The molecular weight excluding hydrogens is 244 g/mol. The van der Waals surface area contributed by atoms with Crippen LogP contribution >= 0.6 is 0 Å². The number of hydrogen-bond donors (Lipinski definition) is 2. The lowest BCUT2D eigenvalue weighted by molar-refractivity contribution is -0.119. The van der Waals surface area contributed by atoms with Crippen molar-refractivity contribution in [2.45, 2.75) is 20.3 Å². The van der Waals surface area contributed by atoms with Crippen LogP contribution in [0, 0.1) is 5.92 Å². The van der Waals surface area contributed by atoms with Gasteiger partial charge in [-0.1, -0.05) is 6.92 Å². The van der Waals surface area contributed by atoms with Crippen LogP contribution in [0.4, 0.5) is 5.69 Å². The largest absolute Gasteiger partial charge is 0.493 e. The van der Waals surface area contributed by atoms with Gasteiger partial charge in [0.25, 0.3) is 0 Å². The van der Waals surface area contributed by atoms with Crippen LogP contribution in [-0.2, 0) is 4.79 Å². The molecule has 106 valence electrons. The average Bonchev–Trinajstić information content (AvgIpc) is 2.41. The number of rotatable bonds is 7. The van der Waals surface area contributed by atoms with Gasteiger partial charge < -0.3 is 20.5 Å². The molecule has 3 N–H and O–H groups in total. The quantitative estimate of drug-likeness (QED) is 0.792. The van der Waals surface area contributed by atoms with Crippen LogP contribution in [-0.4, -0.2) is 26.2 Å². The zero-order valence-corrected chi connectivity index (χ0v) is 11.7. The molecule has 1 aromatic rings. The Bertz CT molecular complexity index is 417. The van der Waals surface area contributed by atoms with Gasteiger partial charge in [-0.05, 0) is 25.5 Å². The molecule has 5 heteroatoms. The van der Waals surface area contributed by atoms with Crippen LogP contribution in [0.25, 0.3) is 0 Å². The van der Waals surface area contributed by atoms with E-state index in [1.54, 1.807) is 25.3 Å². The summed E-state index contributed by atoms with van der Waals surface area (Å²) in [7, 11) is 1.58. The molecule has 0 radical (unpaired) electrons. The summed E-state index contributed by atoms with van der Waals surface area (Å²) in [6, 6.07) is 5.30. The number of hydrogen-bond acceptors (Lipinski definition) is 4. The summed E-state index contributed by atoms with van der Waals surface area (Å²) in [5, 5.41) is 2.84. The summed E-state index contributed by atoms with van der Waals surface area (Å²) < 4.78 is 10.7. The maximum Gasteiger partial charge on any atom is 0.228 e. The first kappa shape index (κ1) is 15.3. The van der Waals surface area contributed by atoms with Gasteiger partial charge in [0.1, 0.15) is 0 Å². The Hall–Kier alpha value is -1.75. The van der Waals surface area contributed by atoms with E-state index < -0.39 is 0 Å². The first-order valence-corrected chi connectivity index (χ1v) is 6.47. The van der Waals surface area contributed by atoms with Crippen molar-refractivity contribution in [2.75, 3.05) is 25.6 Å². The van der Waals surface area contributed by atoms with Gasteiger partial charge >= 0.3 is 0 Å². The highest BCUT2D eigenvalue weighted by atomic mass is 16.5. The fourth-order valence-corrected chi connectivity index (χ4v) is 1.73. The molecule has 5 nitrogen and oxygen atoms in total. The maximum atomic E-state index is 11.9. The molecule has 0 heterocycles. The molecule has 0 aliphatic carbocycles. The van der Waals surface area contributed by atoms with Crippen molar-refractivity contribution in [3.8, 4) is 11.5 Å². The number of carbonyl (C=O) groups is 1. The molecular formula is C14H22N2O3. The molecule has 0 aliphatic heterocycles. The Morgan fingerprint density at radius 3 is 2.63 bits per heavy atom. The maximum absolute atomic E-state index is 11.9. The van der Waals surface area contributed by atoms with E-state index in [1.807, 2.05) is 13.8 Å². The van der Waals surface area contributed by atoms with Gasteiger partial charge in [0.05, 0.1) is 19.6 Å². The summed E-state index contributed by atoms with van der Waals surface area (Å²) in [5.41, 5.74) is 6.24. The van der Waals surface area contributed by atoms with Crippen molar-refractivity contribution in [3.05, 3.63) is 18.2 Å². The number of nitrogens with two attached hydrogens (primary N) is 1. The first-order chi connectivity index (χ1) is 9.15. The van der Waals surface area contributed by atoms with E-state index in [-0.39, 0.29) is 11.8 Å². The van der Waals surface area contributed by atoms with Crippen LogP contribution in [0.15, 0.2) is 18.2 Å². The van der Waals surface area contributed by atoms with E-state index in [9.17, 15) is 4.79 Å². The number of carbonyl (C=O) groups excluding carboxylic acids is 1. The minimum absolute atomic E-state index is 0.0717. The molecule has 1 atom stereocenters. The summed E-state index contributed by atoms with van der Waals surface area (Å²) >= 11 is 0. The Balaban J connectivity index is 2.84. The van der Waals surface area contributed by atoms with E-state index >= 15 is 0 Å². The number of nitrogens with one attached hydrogen (secondary N) is 1. The number of amides is 1. The topological polar surface area (TPSA) is 73.6 Å². The minimum Gasteiger partial charge on any atom is -0.493 e. The van der Waals surface area contributed by atoms with Crippen LogP contribution < -0.4 is 20.5 Å². The molecule has 1 unspecified atom stereocenters. The van der Waals surface area contributed by atoms with Gasteiger partial charge in [-0.2, -0.15) is 0 Å². The predicted molar refractivity (Wildman–Crippen MR) is 75.6 cm³/mol. The molecule has 1 rings (SSSR count). The Labute approximate surface area is 114 Å². The van der Waals surface area contributed by atoms with Crippen LogP contribution in [0.1, 0.15) is 20.3 Å². The van der Waals surface area contributed by atoms with Gasteiger partial charge in [-0.25, -0.2) is 0 Å². The SMILES string of the molecule is CCOc1cc(NC(=O)C(CC)CN)ccc1OC.